The molecule has 0 radical (unpaired) electrons. The first-order chi connectivity index (χ1) is 9.11. The molecule has 0 aliphatic heterocycles. The number of ether oxygens (including phenoxy) is 1. The molecule has 0 saturated heterocycles. The summed E-state index contributed by atoms with van der Waals surface area (Å²) in [4.78, 5) is 11.5. The third kappa shape index (κ3) is 3.12. The molecule has 0 aromatic heterocycles. The van der Waals surface area contributed by atoms with Gasteiger partial charge < -0.3 is 10.1 Å². The number of amides is 1. The van der Waals surface area contributed by atoms with E-state index >= 15 is 0 Å². The molecule has 1 amide bonds. The van der Waals surface area contributed by atoms with E-state index in [1.54, 1.807) is 30.3 Å². The van der Waals surface area contributed by atoms with Gasteiger partial charge >= 0.3 is 0 Å². The zero-order valence-corrected chi connectivity index (χ0v) is 11.7. The molecule has 19 heavy (non-hydrogen) atoms. The van der Waals surface area contributed by atoms with Gasteiger partial charge in [0.1, 0.15) is 5.75 Å². The largest absolute Gasteiger partial charge is 0.454 e. The van der Waals surface area contributed by atoms with E-state index in [9.17, 15) is 9.18 Å². The zero-order valence-electron chi connectivity index (χ0n) is 10.1. The molecule has 0 atom stereocenters. The summed E-state index contributed by atoms with van der Waals surface area (Å²) in [7, 11) is 1.45. The summed E-state index contributed by atoms with van der Waals surface area (Å²) in [5.74, 6) is -0.650. The fraction of sp³-hybridized carbons (Fsp3) is 0.0714. The van der Waals surface area contributed by atoms with Crippen LogP contribution >= 0.6 is 15.9 Å². The van der Waals surface area contributed by atoms with Crippen LogP contribution in [-0.4, -0.2) is 13.0 Å². The Hall–Kier alpha value is -1.88. The van der Waals surface area contributed by atoms with Crippen molar-refractivity contribution in [3.05, 3.63) is 58.3 Å². The molecule has 2 rings (SSSR count). The monoisotopic (exact) mass is 323 g/mol. The molecule has 0 spiro atoms. The fourth-order valence-electron chi connectivity index (χ4n) is 1.53. The summed E-state index contributed by atoms with van der Waals surface area (Å²) in [5, 5.41) is 2.38. The second kappa shape index (κ2) is 5.84. The fourth-order valence-corrected chi connectivity index (χ4v) is 1.79. The van der Waals surface area contributed by atoms with Crippen LogP contribution in [-0.2, 0) is 0 Å². The van der Waals surface area contributed by atoms with Crippen molar-refractivity contribution in [3.63, 3.8) is 0 Å². The van der Waals surface area contributed by atoms with Crippen molar-refractivity contribution >= 4 is 21.8 Å². The van der Waals surface area contributed by atoms with Crippen LogP contribution in [0.25, 0.3) is 0 Å². The third-order valence-corrected chi connectivity index (χ3v) is 3.01. The van der Waals surface area contributed by atoms with E-state index < -0.39 is 11.7 Å². The van der Waals surface area contributed by atoms with E-state index in [0.29, 0.717) is 5.75 Å². The normalized spacial score (nSPS) is 10.1. The molecule has 2 aromatic rings. The van der Waals surface area contributed by atoms with Crippen LogP contribution in [0.15, 0.2) is 46.9 Å². The Morgan fingerprint density at radius 1 is 1.21 bits per heavy atom. The first-order valence-electron chi connectivity index (χ1n) is 5.56. The molecule has 5 heteroatoms. The summed E-state index contributed by atoms with van der Waals surface area (Å²) in [6, 6.07) is 11.4. The highest BCUT2D eigenvalue weighted by molar-refractivity contribution is 9.10. The number of nitrogens with one attached hydrogen (secondary N) is 1. The van der Waals surface area contributed by atoms with Gasteiger partial charge in [0, 0.05) is 11.5 Å². The Kier molecular flexibility index (Phi) is 4.16. The van der Waals surface area contributed by atoms with Crippen LogP contribution in [0.3, 0.4) is 0 Å². The van der Waals surface area contributed by atoms with Crippen molar-refractivity contribution in [1.82, 2.24) is 5.32 Å². The van der Waals surface area contributed by atoms with Gasteiger partial charge in [-0.3, -0.25) is 4.79 Å². The lowest BCUT2D eigenvalue weighted by molar-refractivity contribution is 0.0958. The summed E-state index contributed by atoms with van der Waals surface area (Å²) in [6.07, 6.45) is 0. The standard InChI is InChI=1S/C14H11BrFNO2/c1-17-14(18)11-3-2-4-12(13(11)16)19-10-7-5-9(15)6-8-10/h2-8H,1H3,(H,17,18). The Morgan fingerprint density at radius 3 is 2.53 bits per heavy atom. The molecular weight excluding hydrogens is 313 g/mol. The van der Waals surface area contributed by atoms with Gasteiger partial charge in [-0.2, -0.15) is 0 Å². The molecule has 0 unspecified atom stereocenters. The quantitative estimate of drug-likeness (QED) is 0.934. The van der Waals surface area contributed by atoms with Crippen molar-refractivity contribution in [3.8, 4) is 11.5 Å². The molecule has 1 N–H and O–H groups in total. The van der Waals surface area contributed by atoms with Crippen molar-refractivity contribution < 1.29 is 13.9 Å². The lowest BCUT2D eigenvalue weighted by Gasteiger charge is -2.09. The Morgan fingerprint density at radius 2 is 1.89 bits per heavy atom. The Balaban J connectivity index is 2.30. The van der Waals surface area contributed by atoms with E-state index in [1.165, 1.54) is 19.2 Å². The molecule has 0 bridgehead atoms. The minimum absolute atomic E-state index is 0.0171. The number of benzene rings is 2. The van der Waals surface area contributed by atoms with Gasteiger partial charge in [-0.05, 0) is 36.4 Å². The number of halogens is 2. The summed E-state index contributed by atoms with van der Waals surface area (Å²) in [6.45, 7) is 0. The molecule has 3 nitrogen and oxygen atoms in total. The van der Waals surface area contributed by atoms with E-state index in [1.807, 2.05) is 0 Å². The average Bonchev–Trinajstić information content (AvgIpc) is 2.43. The van der Waals surface area contributed by atoms with Crippen molar-refractivity contribution in [1.29, 1.82) is 0 Å². The van der Waals surface area contributed by atoms with E-state index in [-0.39, 0.29) is 11.3 Å². The van der Waals surface area contributed by atoms with Crippen LogP contribution in [0.1, 0.15) is 10.4 Å². The number of carbonyl (C=O) groups is 1. The molecule has 0 saturated carbocycles. The first-order valence-corrected chi connectivity index (χ1v) is 6.35. The van der Waals surface area contributed by atoms with E-state index in [0.717, 1.165) is 4.47 Å². The third-order valence-electron chi connectivity index (χ3n) is 2.48. The highest BCUT2D eigenvalue weighted by Gasteiger charge is 2.15. The smallest absolute Gasteiger partial charge is 0.254 e. The number of rotatable bonds is 3. The van der Waals surface area contributed by atoms with Gasteiger partial charge in [0.05, 0.1) is 5.56 Å². The molecule has 0 aliphatic carbocycles. The van der Waals surface area contributed by atoms with Crippen LogP contribution in [0.4, 0.5) is 4.39 Å². The summed E-state index contributed by atoms with van der Waals surface area (Å²) >= 11 is 3.30. The van der Waals surface area contributed by atoms with E-state index in [2.05, 4.69) is 21.2 Å². The second-order valence-electron chi connectivity index (χ2n) is 3.75. The zero-order chi connectivity index (χ0) is 13.8. The van der Waals surface area contributed by atoms with Gasteiger partial charge in [-0.1, -0.05) is 22.0 Å². The maximum Gasteiger partial charge on any atom is 0.254 e. The molecule has 0 aliphatic rings. The van der Waals surface area contributed by atoms with Crippen molar-refractivity contribution in [2.75, 3.05) is 7.05 Å². The van der Waals surface area contributed by atoms with Crippen molar-refractivity contribution in [2.45, 2.75) is 0 Å². The second-order valence-corrected chi connectivity index (χ2v) is 4.67. The Bertz CT molecular complexity index is 599. The molecule has 0 heterocycles. The summed E-state index contributed by atoms with van der Waals surface area (Å²) in [5.41, 5.74) is -0.0443. The van der Waals surface area contributed by atoms with E-state index in [4.69, 9.17) is 4.74 Å². The SMILES string of the molecule is CNC(=O)c1cccc(Oc2ccc(Br)cc2)c1F. The maximum atomic E-state index is 14.1. The topological polar surface area (TPSA) is 38.3 Å². The van der Waals surface area contributed by atoms with Gasteiger partial charge in [0.25, 0.3) is 5.91 Å². The minimum atomic E-state index is -0.676. The average molecular weight is 324 g/mol. The lowest BCUT2D eigenvalue weighted by Crippen LogP contribution is -2.19. The van der Waals surface area contributed by atoms with Gasteiger partial charge in [-0.25, -0.2) is 4.39 Å². The lowest BCUT2D eigenvalue weighted by atomic mass is 10.2. The summed E-state index contributed by atoms with van der Waals surface area (Å²) < 4.78 is 20.4. The highest BCUT2D eigenvalue weighted by atomic mass is 79.9. The predicted octanol–water partition coefficient (Wildman–Crippen LogP) is 3.74. The first kappa shape index (κ1) is 13.5. The van der Waals surface area contributed by atoms with Gasteiger partial charge in [0.15, 0.2) is 11.6 Å². The minimum Gasteiger partial charge on any atom is -0.454 e. The number of hydrogen-bond donors (Lipinski definition) is 1. The van der Waals surface area contributed by atoms with Crippen LogP contribution < -0.4 is 10.1 Å². The highest BCUT2D eigenvalue weighted by Crippen LogP contribution is 2.27. The van der Waals surface area contributed by atoms with Gasteiger partial charge in [0.2, 0.25) is 0 Å². The Labute approximate surface area is 118 Å². The van der Waals surface area contributed by atoms with Gasteiger partial charge in [-0.15, -0.1) is 0 Å². The predicted molar refractivity (Wildman–Crippen MR) is 74.0 cm³/mol. The molecule has 0 fully saturated rings. The number of carbonyl (C=O) groups excluding carboxylic acids is 1. The molecule has 2 aromatic carbocycles. The van der Waals surface area contributed by atoms with Crippen LogP contribution in [0.5, 0.6) is 11.5 Å². The maximum absolute atomic E-state index is 14.1. The van der Waals surface area contributed by atoms with Crippen molar-refractivity contribution in [2.24, 2.45) is 0 Å². The molecule has 98 valence electrons. The molecular formula is C14H11BrFNO2. The number of hydrogen-bond acceptors (Lipinski definition) is 2. The van der Waals surface area contributed by atoms with Crippen LogP contribution in [0.2, 0.25) is 0 Å². The van der Waals surface area contributed by atoms with Crippen LogP contribution in [0, 0.1) is 5.82 Å².